The summed E-state index contributed by atoms with van der Waals surface area (Å²) in [6.45, 7) is 0. The molecule has 3 rings (SSSR count). The highest BCUT2D eigenvalue weighted by molar-refractivity contribution is 7.99. The maximum atomic E-state index is 10.3. The molecule has 5 heteroatoms. The van der Waals surface area contributed by atoms with E-state index in [4.69, 9.17) is 0 Å². The van der Waals surface area contributed by atoms with Crippen molar-refractivity contribution in [2.75, 3.05) is 5.32 Å². The minimum absolute atomic E-state index is 0.461. The van der Waals surface area contributed by atoms with Crippen LogP contribution in [0.2, 0.25) is 0 Å². The van der Waals surface area contributed by atoms with Crippen LogP contribution in [-0.4, -0.2) is 4.92 Å². The molecule has 0 unspecified atom stereocenters. The highest BCUT2D eigenvalue weighted by Crippen LogP contribution is 2.44. The summed E-state index contributed by atoms with van der Waals surface area (Å²) in [4.78, 5) is 12.2. The zero-order valence-electron chi connectivity index (χ0n) is 9.87. The summed E-state index contributed by atoms with van der Waals surface area (Å²) >= 11 is 1.70. The van der Waals surface area contributed by atoms with Gasteiger partial charge in [-0.2, -0.15) is 0 Å². The number of hydrogen-bond acceptors (Lipinski definition) is 4. The molecule has 0 spiro atoms. The van der Waals surface area contributed by atoms with E-state index in [9.17, 15) is 10.1 Å². The van der Waals surface area contributed by atoms with Gasteiger partial charge < -0.3 is 5.32 Å². The minimum atomic E-state index is -0.461. The van der Waals surface area contributed by atoms with Crippen molar-refractivity contribution in [2.24, 2.45) is 0 Å². The van der Waals surface area contributed by atoms with E-state index in [1.807, 2.05) is 36.4 Å². The van der Waals surface area contributed by atoms with Crippen molar-refractivity contribution in [2.45, 2.75) is 9.79 Å². The topological polar surface area (TPSA) is 55.2 Å². The molecule has 2 aromatic carbocycles. The van der Waals surface area contributed by atoms with Crippen LogP contribution in [0.3, 0.4) is 0 Å². The van der Waals surface area contributed by atoms with Crippen LogP contribution in [-0.2, 0) is 0 Å². The molecule has 0 fully saturated rings. The van der Waals surface area contributed by atoms with Crippen molar-refractivity contribution in [1.29, 1.82) is 0 Å². The van der Waals surface area contributed by atoms with Crippen LogP contribution in [0.5, 0.6) is 0 Å². The molecule has 0 aliphatic carbocycles. The molecule has 4 nitrogen and oxygen atoms in total. The minimum Gasteiger partial charge on any atom is -0.354 e. The average Bonchev–Trinajstić information content (AvgIpc) is 2.42. The van der Waals surface area contributed by atoms with E-state index in [2.05, 4.69) is 11.4 Å². The molecular weight excluding hydrogens is 260 g/mol. The van der Waals surface area contributed by atoms with Crippen LogP contribution in [0.4, 0.5) is 11.4 Å². The fraction of sp³-hybridized carbons (Fsp3) is 0. The summed E-state index contributed by atoms with van der Waals surface area (Å²) < 4.78 is 0. The smallest absolute Gasteiger partial charge is 0.235 e. The lowest BCUT2D eigenvalue weighted by Gasteiger charge is -2.20. The Hall–Kier alpha value is -2.27. The third-order valence-corrected chi connectivity index (χ3v) is 3.92. The number of fused-ring (bicyclic) bond motifs is 2. The van der Waals surface area contributed by atoms with Gasteiger partial charge >= 0.3 is 0 Å². The first-order chi connectivity index (χ1) is 9.22. The zero-order valence-corrected chi connectivity index (χ0v) is 10.7. The molecule has 0 aromatic heterocycles. The summed E-state index contributed by atoms with van der Waals surface area (Å²) in [6, 6.07) is 13.8. The van der Waals surface area contributed by atoms with Crippen LogP contribution in [0.25, 0.3) is 6.08 Å². The predicted molar refractivity (Wildman–Crippen MR) is 76.3 cm³/mol. The van der Waals surface area contributed by atoms with Crippen molar-refractivity contribution in [3.8, 4) is 0 Å². The van der Waals surface area contributed by atoms with Crippen molar-refractivity contribution in [1.82, 2.24) is 0 Å². The largest absolute Gasteiger partial charge is 0.354 e. The quantitative estimate of drug-likeness (QED) is 0.561. The first-order valence-corrected chi connectivity index (χ1v) is 6.54. The van der Waals surface area contributed by atoms with Gasteiger partial charge in [-0.1, -0.05) is 30.0 Å². The Labute approximate surface area is 114 Å². The first-order valence-electron chi connectivity index (χ1n) is 5.72. The predicted octanol–water partition coefficient (Wildman–Crippen LogP) is 4.14. The second-order valence-electron chi connectivity index (χ2n) is 4.08. The zero-order chi connectivity index (χ0) is 13.2. The van der Waals surface area contributed by atoms with Crippen LogP contribution >= 0.6 is 11.8 Å². The van der Waals surface area contributed by atoms with Crippen LogP contribution in [0.1, 0.15) is 5.56 Å². The Balaban J connectivity index is 1.94. The Morgan fingerprint density at radius 1 is 1.11 bits per heavy atom. The van der Waals surface area contributed by atoms with Crippen LogP contribution < -0.4 is 5.32 Å². The van der Waals surface area contributed by atoms with E-state index in [0.29, 0.717) is 0 Å². The lowest BCUT2D eigenvalue weighted by atomic mass is 10.2. The number of nitrogens with one attached hydrogen (secondary N) is 1. The third-order valence-electron chi connectivity index (χ3n) is 2.77. The normalized spacial score (nSPS) is 12.6. The first kappa shape index (κ1) is 11.8. The summed E-state index contributed by atoms with van der Waals surface area (Å²) in [5.74, 6) is 0. The highest BCUT2D eigenvalue weighted by atomic mass is 32.2. The standard InChI is InChI=1S/C14H10N2O2S/c17-16(18)8-7-10-5-6-14-12(9-10)15-11-3-1-2-4-13(11)19-14/h1-9,15H/b8-7+. The van der Waals surface area contributed by atoms with Gasteiger partial charge in [-0.3, -0.25) is 10.1 Å². The van der Waals surface area contributed by atoms with Crippen molar-refractivity contribution < 1.29 is 4.92 Å². The summed E-state index contributed by atoms with van der Waals surface area (Å²) in [5.41, 5.74) is 2.85. The monoisotopic (exact) mass is 270 g/mol. The molecule has 1 aliphatic heterocycles. The number of rotatable bonds is 2. The Kier molecular flexibility index (Phi) is 2.97. The molecule has 1 heterocycles. The van der Waals surface area contributed by atoms with Gasteiger partial charge in [0.25, 0.3) is 0 Å². The molecule has 0 amide bonds. The Morgan fingerprint density at radius 3 is 2.74 bits per heavy atom. The maximum absolute atomic E-state index is 10.3. The fourth-order valence-corrected chi connectivity index (χ4v) is 2.88. The molecule has 1 aliphatic rings. The van der Waals surface area contributed by atoms with E-state index in [-0.39, 0.29) is 0 Å². The molecule has 0 saturated heterocycles. The van der Waals surface area contributed by atoms with Gasteiger partial charge in [0.05, 0.1) is 16.3 Å². The lowest BCUT2D eigenvalue weighted by molar-refractivity contribution is -0.400. The molecule has 0 atom stereocenters. The van der Waals surface area contributed by atoms with Gasteiger partial charge in [0.15, 0.2) is 0 Å². The molecule has 0 radical (unpaired) electrons. The van der Waals surface area contributed by atoms with Crippen LogP contribution in [0.15, 0.2) is 58.5 Å². The van der Waals surface area contributed by atoms with E-state index in [1.54, 1.807) is 11.8 Å². The van der Waals surface area contributed by atoms with Gasteiger partial charge in [0, 0.05) is 15.9 Å². The van der Waals surface area contributed by atoms with Gasteiger partial charge in [-0.25, -0.2) is 0 Å². The second kappa shape index (κ2) is 4.78. The number of benzene rings is 2. The number of nitro groups is 1. The molecular formula is C14H10N2O2S. The number of hydrogen-bond donors (Lipinski definition) is 1. The summed E-state index contributed by atoms with van der Waals surface area (Å²) in [7, 11) is 0. The van der Waals surface area contributed by atoms with E-state index in [0.717, 1.165) is 28.0 Å². The SMILES string of the molecule is O=[N+]([O-])/C=C/c1ccc2c(c1)Nc1ccccc1S2. The Bertz CT molecular complexity index is 683. The average molecular weight is 270 g/mol. The van der Waals surface area contributed by atoms with E-state index < -0.39 is 4.92 Å². The second-order valence-corrected chi connectivity index (χ2v) is 5.16. The van der Waals surface area contributed by atoms with E-state index >= 15 is 0 Å². The van der Waals surface area contributed by atoms with Gasteiger partial charge in [0.1, 0.15) is 0 Å². The van der Waals surface area contributed by atoms with Gasteiger partial charge in [-0.15, -0.1) is 0 Å². The molecule has 2 aromatic rings. The third kappa shape index (κ3) is 2.46. The lowest BCUT2D eigenvalue weighted by Crippen LogP contribution is -1.99. The number of anilines is 2. The number of para-hydroxylation sites is 1. The summed E-state index contributed by atoms with van der Waals surface area (Å²) in [6.07, 6.45) is 2.44. The molecule has 0 saturated carbocycles. The molecule has 94 valence electrons. The van der Waals surface area contributed by atoms with Crippen molar-refractivity contribution >= 4 is 29.2 Å². The van der Waals surface area contributed by atoms with Crippen molar-refractivity contribution in [3.05, 3.63) is 64.3 Å². The van der Waals surface area contributed by atoms with Crippen molar-refractivity contribution in [3.63, 3.8) is 0 Å². The van der Waals surface area contributed by atoms with Crippen LogP contribution in [0, 0.1) is 10.1 Å². The molecule has 0 bridgehead atoms. The fourth-order valence-electron chi connectivity index (χ4n) is 1.91. The van der Waals surface area contributed by atoms with Gasteiger partial charge in [0.2, 0.25) is 6.20 Å². The molecule has 19 heavy (non-hydrogen) atoms. The molecule has 1 N–H and O–H groups in total. The van der Waals surface area contributed by atoms with E-state index in [1.165, 1.54) is 11.0 Å². The van der Waals surface area contributed by atoms with Gasteiger partial charge in [-0.05, 0) is 29.8 Å². The number of nitrogens with zero attached hydrogens (tertiary/aromatic N) is 1. The maximum Gasteiger partial charge on any atom is 0.235 e. The Morgan fingerprint density at radius 2 is 1.89 bits per heavy atom. The highest BCUT2D eigenvalue weighted by Gasteiger charge is 2.14. The summed E-state index contributed by atoms with van der Waals surface area (Å²) in [5, 5.41) is 13.7.